The molecule has 0 bridgehead atoms. The highest BCUT2D eigenvalue weighted by atomic mass is 32.1. The molecule has 1 atom stereocenters. The van der Waals surface area contributed by atoms with E-state index in [1.165, 1.54) is 6.20 Å². The zero-order valence-corrected chi connectivity index (χ0v) is 12.1. The third kappa shape index (κ3) is 3.60. The summed E-state index contributed by atoms with van der Waals surface area (Å²) >= 11 is 1.10. The molecule has 19 heavy (non-hydrogen) atoms. The summed E-state index contributed by atoms with van der Waals surface area (Å²) in [6, 6.07) is 2.05. The Morgan fingerprint density at radius 1 is 1.53 bits per heavy atom. The second-order valence-electron chi connectivity index (χ2n) is 4.71. The van der Waals surface area contributed by atoms with Gasteiger partial charge in [-0.05, 0) is 37.4 Å². The predicted molar refractivity (Wildman–Crippen MR) is 73.1 cm³/mol. The van der Waals surface area contributed by atoms with Crippen molar-refractivity contribution in [3.05, 3.63) is 28.5 Å². The number of nitrogens with zero attached hydrogens (tertiary/aromatic N) is 4. The highest BCUT2D eigenvalue weighted by Crippen LogP contribution is 2.06. The van der Waals surface area contributed by atoms with E-state index in [-0.39, 0.29) is 5.91 Å². The molecule has 1 amide bonds. The van der Waals surface area contributed by atoms with Gasteiger partial charge in [0.05, 0.1) is 11.9 Å². The van der Waals surface area contributed by atoms with Crippen LogP contribution in [0.25, 0.3) is 0 Å². The van der Waals surface area contributed by atoms with Crippen LogP contribution in [0.4, 0.5) is 0 Å². The molecule has 2 aromatic rings. The zero-order valence-electron chi connectivity index (χ0n) is 11.3. The van der Waals surface area contributed by atoms with E-state index >= 15 is 0 Å². The van der Waals surface area contributed by atoms with Crippen molar-refractivity contribution in [1.29, 1.82) is 0 Å². The monoisotopic (exact) mass is 279 g/mol. The molecule has 0 aliphatic rings. The first-order valence-electron chi connectivity index (χ1n) is 6.13. The Hall–Kier alpha value is -1.76. The molecule has 6 nitrogen and oxygen atoms in total. The minimum Gasteiger partial charge on any atom is -0.351 e. The number of aryl methyl sites for hydroxylation is 2. The second kappa shape index (κ2) is 5.92. The number of amides is 1. The number of rotatable bonds is 5. The molecule has 0 aromatic carbocycles. The number of hydrogen-bond acceptors (Lipinski definition) is 5. The van der Waals surface area contributed by atoms with Crippen LogP contribution < -0.4 is 5.32 Å². The maximum absolute atomic E-state index is 11.7. The summed E-state index contributed by atoms with van der Waals surface area (Å²) in [6.45, 7) is 7.50. The fourth-order valence-corrected chi connectivity index (χ4v) is 2.27. The fraction of sp³-hybridized carbons (Fsp3) is 0.500. The molecule has 7 heteroatoms. The Morgan fingerprint density at radius 2 is 2.32 bits per heavy atom. The molecule has 1 unspecified atom stereocenters. The Morgan fingerprint density at radius 3 is 2.89 bits per heavy atom. The van der Waals surface area contributed by atoms with Crippen molar-refractivity contribution in [2.75, 3.05) is 6.54 Å². The fourth-order valence-electron chi connectivity index (χ4n) is 1.84. The van der Waals surface area contributed by atoms with Crippen molar-refractivity contribution in [1.82, 2.24) is 24.7 Å². The lowest BCUT2D eigenvalue weighted by Gasteiger charge is -2.13. The SMILES string of the molecule is Cc1cc(C)n(CC(C)CNC(=O)c2cnns2)n1. The van der Waals surface area contributed by atoms with Gasteiger partial charge in [-0.1, -0.05) is 11.4 Å². The van der Waals surface area contributed by atoms with Crippen LogP contribution in [0.2, 0.25) is 0 Å². The first-order chi connectivity index (χ1) is 9.06. The van der Waals surface area contributed by atoms with Gasteiger partial charge in [0.15, 0.2) is 0 Å². The number of carbonyl (C=O) groups excluding carboxylic acids is 1. The van der Waals surface area contributed by atoms with Crippen LogP contribution in [0.5, 0.6) is 0 Å². The van der Waals surface area contributed by atoms with E-state index < -0.39 is 0 Å². The van der Waals surface area contributed by atoms with Crippen LogP contribution >= 0.6 is 11.5 Å². The van der Waals surface area contributed by atoms with Gasteiger partial charge in [0, 0.05) is 18.8 Å². The largest absolute Gasteiger partial charge is 0.351 e. The minimum absolute atomic E-state index is 0.116. The van der Waals surface area contributed by atoms with Crippen molar-refractivity contribution < 1.29 is 4.79 Å². The van der Waals surface area contributed by atoms with Crippen molar-refractivity contribution in [2.24, 2.45) is 5.92 Å². The molecule has 0 aliphatic heterocycles. The third-order valence-electron chi connectivity index (χ3n) is 2.78. The number of hydrogen-bond donors (Lipinski definition) is 1. The highest BCUT2D eigenvalue weighted by Gasteiger charge is 2.11. The number of carbonyl (C=O) groups is 1. The van der Waals surface area contributed by atoms with Gasteiger partial charge in [0.2, 0.25) is 0 Å². The molecule has 0 aliphatic carbocycles. The zero-order chi connectivity index (χ0) is 13.8. The first kappa shape index (κ1) is 13.7. The van der Waals surface area contributed by atoms with Crippen LogP contribution in [0.1, 0.15) is 28.0 Å². The van der Waals surface area contributed by atoms with E-state index in [0.29, 0.717) is 17.3 Å². The van der Waals surface area contributed by atoms with Gasteiger partial charge in [-0.2, -0.15) is 5.10 Å². The summed E-state index contributed by atoms with van der Waals surface area (Å²) in [4.78, 5) is 12.3. The molecule has 2 heterocycles. The van der Waals surface area contributed by atoms with E-state index in [1.54, 1.807) is 0 Å². The highest BCUT2D eigenvalue weighted by molar-refractivity contribution is 7.07. The quantitative estimate of drug-likeness (QED) is 0.898. The second-order valence-corrected chi connectivity index (χ2v) is 5.49. The van der Waals surface area contributed by atoms with Gasteiger partial charge in [-0.25, -0.2) is 0 Å². The average Bonchev–Trinajstić information content (AvgIpc) is 2.97. The average molecular weight is 279 g/mol. The van der Waals surface area contributed by atoms with Gasteiger partial charge in [-0.3, -0.25) is 9.48 Å². The molecule has 0 saturated carbocycles. The van der Waals surface area contributed by atoms with Crippen molar-refractivity contribution >= 4 is 17.4 Å². The van der Waals surface area contributed by atoms with Crippen LogP contribution in [-0.2, 0) is 6.54 Å². The third-order valence-corrected chi connectivity index (χ3v) is 3.45. The van der Waals surface area contributed by atoms with E-state index in [0.717, 1.165) is 29.5 Å². The topological polar surface area (TPSA) is 72.7 Å². The Kier molecular flexibility index (Phi) is 4.26. The van der Waals surface area contributed by atoms with Crippen LogP contribution in [-0.4, -0.2) is 31.8 Å². The summed E-state index contributed by atoms with van der Waals surface area (Å²) in [7, 11) is 0. The molecule has 2 rings (SSSR count). The van der Waals surface area contributed by atoms with Crippen molar-refractivity contribution in [3.8, 4) is 0 Å². The Bertz CT molecular complexity index is 548. The Labute approximate surface area is 116 Å². The molecular formula is C12H17N5OS. The molecular weight excluding hydrogens is 262 g/mol. The summed E-state index contributed by atoms with van der Waals surface area (Å²) in [5.74, 6) is 0.193. The van der Waals surface area contributed by atoms with Crippen LogP contribution in [0.3, 0.4) is 0 Å². The normalized spacial score (nSPS) is 12.4. The van der Waals surface area contributed by atoms with E-state index in [4.69, 9.17) is 0 Å². The summed E-state index contributed by atoms with van der Waals surface area (Å²) in [5.41, 5.74) is 2.16. The minimum atomic E-state index is -0.116. The Balaban J connectivity index is 1.83. The van der Waals surface area contributed by atoms with Gasteiger partial charge < -0.3 is 5.32 Å². The first-order valence-corrected chi connectivity index (χ1v) is 6.90. The van der Waals surface area contributed by atoms with E-state index in [2.05, 4.69) is 26.9 Å². The van der Waals surface area contributed by atoms with Crippen LogP contribution in [0, 0.1) is 19.8 Å². The molecule has 0 spiro atoms. The summed E-state index contributed by atoms with van der Waals surface area (Å²) in [6.07, 6.45) is 1.48. The smallest absolute Gasteiger partial charge is 0.264 e. The van der Waals surface area contributed by atoms with Gasteiger partial charge in [0.25, 0.3) is 5.91 Å². The maximum Gasteiger partial charge on any atom is 0.264 e. The molecule has 0 saturated heterocycles. The van der Waals surface area contributed by atoms with Crippen molar-refractivity contribution in [3.63, 3.8) is 0 Å². The van der Waals surface area contributed by atoms with Gasteiger partial charge >= 0.3 is 0 Å². The molecule has 1 N–H and O–H groups in total. The van der Waals surface area contributed by atoms with E-state index in [9.17, 15) is 4.79 Å². The summed E-state index contributed by atoms with van der Waals surface area (Å²) < 4.78 is 5.64. The lowest BCUT2D eigenvalue weighted by molar-refractivity contribution is 0.0950. The lowest BCUT2D eigenvalue weighted by atomic mass is 10.2. The predicted octanol–water partition coefficient (Wildman–Crippen LogP) is 1.42. The molecule has 102 valence electrons. The van der Waals surface area contributed by atoms with Gasteiger partial charge in [0.1, 0.15) is 4.88 Å². The summed E-state index contributed by atoms with van der Waals surface area (Å²) in [5, 5.41) is 10.9. The number of aromatic nitrogens is 4. The standard InChI is InChI=1S/C12H17N5OS/c1-8(7-17-10(3)4-9(2)15-17)5-13-12(18)11-6-14-16-19-11/h4,6,8H,5,7H2,1-3H3,(H,13,18). The number of nitrogens with one attached hydrogen (secondary N) is 1. The van der Waals surface area contributed by atoms with Gasteiger partial charge in [-0.15, -0.1) is 5.10 Å². The van der Waals surface area contributed by atoms with Crippen molar-refractivity contribution in [2.45, 2.75) is 27.3 Å². The molecule has 0 fully saturated rings. The lowest BCUT2D eigenvalue weighted by Crippen LogP contribution is -2.29. The molecule has 2 aromatic heterocycles. The van der Waals surface area contributed by atoms with Crippen LogP contribution in [0.15, 0.2) is 12.3 Å². The van der Waals surface area contributed by atoms with E-state index in [1.807, 2.05) is 24.6 Å². The molecule has 0 radical (unpaired) electrons. The maximum atomic E-state index is 11.7.